The number of benzene rings is 2. The molecule has 1 N–H and O–H groups in total. The van der Waals surface area contributed by atoms with Crippen LogP contribution in [-0.4, -0.2) is 28.9 Å². The Labute approximate surface area is 178 Å². The van der Waals surface area contributed by atoms with E-state index in [4.69, 9.17) is 9.47 Å². The van der Waals surface area contributed by atoms with Crippen molar-refractivity contribution >= 4 is 33.1 Å². The van der Waals surface area contributed by atoms with Crippen LogP contribution >= 0.6 is 11.3 Å². The highest BCUT2D eigenvalue weighted by Gasteiger charge is 2.18. The number of nitrogens with one attached hydrogen (secondary N) is 1. The zero-order chi connectivity index (χ0) is 20.7. The standard InChI is InChI=1S/C23H21N3O3S/c1-14-3-5-16(6-4-14)13-26-23-18(15(2)25-26)12-21(30-23)22(27)24-17-7-8-19-20(11-17)29-10-9-28-19/h3-8,11-12H,9-10,13H2,1-2H3,(H,24,27). The van der Waals surface area contributed by atoms with E-state index < -0.39 is 0 Å². The quantitative estimate of drug-likeness (QED) is 0.517. The normalized spacial score (nSPS) is 12.9. The van der Waals surface area contributed by atoms with Gasteiger partial charge < -0.3 is 14.8 Å². The minimum atomic E-state index is -0.144. The van der Waals surface area contributed by atoms with E-state index in [-0.39, 0.29) is 5.91 Å². The molecular formula is C23H21N3O3S. The van der Waals surface area contributed by atoms with Crippen LogP contribution in [0.2, 0.25) is 0 Å². The third kappa shape index (κ3) is 3.52. The van der Waals surface area contributed by atoms with Crippen molar-refractivity contribution in [3.8, 4) is 11.5 Å². The molecule has 0 aliphatic carbocycles. The number of hydrogen-bond donors (Lipinski definition) is 1. The van der Waals surface area contributed by atoms with Crippen molar-refractivity contribution in [3.63, 3.8) is 0 Å². The summed E-state index contributed by atoms with van der Waals surface area (Å²) in [6, 6.07) is 15.8. The number of aryl methyl sites for hydroxylation is 2. The molecule has 0 spiro atoms. The minimum absolute atomic E-state index is 0.144. The average Bonchev–Trinajstić information content (AvgIpc) is 3.31. The van der Waals surface area contributed by atoms with Crippen LogP contribution in [-0.2, 0) is 6.54 Å². The van der Waals surface area contributed by atoms with Crippen molar-refractivity contribution in [1.82, 2.24) is 9.78 Å². The molecule has 0 bridgehead atoms. The van der Waals surface area contributed by atoms with E-state index in [0.29, 0.717) is 41.8 Å². The maximum atomic E-state index is 12.9. The molecule has 0 saturated heterocycles. The number of hydrogen-bond acceptors (Lipinski definition) is 5. The number of fused-ring (bicyclic) bond motifs is 2. The second-order valence-electron chi connectivity index (χ2n) is 7.37. The summed E-state index contributed by atoms with van der Waals surface area (Å²) in [5.41, 5.74) is 4.02. The SMILES string of the molecule is Cc1ccc(Cn2nc(C)c3cc(C(=O)Nc4ccc5c(c4)OCCO5)sc32)cc1. The van der Waals surface area contributed by atoms with Gasteiger partial charge in [0.1, 0.15) is 18.0 Å². The van der Waals surface area contributed by atoms with Crippen molar-refractivity contribution in [2.75, 3.05) is 18.5 Å². The number of ether oxygens (including phenoxy) is 2. The Hall–Kier alpha value is -3.32. The molecule has 6 nitrogen and oxygen atoms in total. The molecule has 1 amide bonds. The Bertz CT molecular complexity index is 1240. The van der Waals surface area contributed by atoms with Crippen LogP contribution in [0.3, 0.4) is 0 Å². The molecule has 152 valence electrons. The van der Waals surface area contributed by atoms with Crippen molar-refractivity contribution < 1.29 is 14.3 Å². The first-order valence-corrected chi connectivity index (χ1v) is 10.6. The Morgan fingerprint density at radius 3 is 2.63 bits per heavy atom. The van der Waals surface area contributed by atoms with Gasteiger partial charge in [-0.15, -0.1) is 11.3 Å². The highest BCUT2D eigenvalue weighted by Crippen LogP contribution is 2.34. The van der Waals surface area contributed by atoms with E-state index in [1.165, 1.54) is 22.5 Å². The number of carbonyl (C=O) groups excluding carboxylic acids is 1. The summed E-state index contributed by atoms with van der Waals surface area (Å²) in [7, 11) is 0. The first kappa shape index (κ1) is 18.7. The summed E-state index contributed by atoms with van der Waals surface area (Å²) in [6.45, 7) is 5.78. The Morgan fingerprint density at radius 1 is 1.07 bits per heavy atom. The second-order valence-corrected chi connectivity index (χ2v) is 8.40. The fourth-order valence-corrected chi connectivity index (χ4v) is 4.57. The molecule has 7 heteroatoms. The van der Waals surface area contributed by atoms with E-state index in [2.05, 4.69) is 41.6 Å². The number of rotatable bonds is 4. The van der Waals surface area contributed by atoms with Gasteiger partial charge in [0.2, 0.25) is 0 Å². The Morgan fingerprint density at radius 2 is 1.83 bits per heavy atom. The van der Waals surface area contributed by atoms with Crippen molar-refractivity contribution in [3.05, 3.63) is 70.2 Å². The van der Waals surface area contributed by atoms with Gasteiger partial charge in [-0.3, -0.25) is 9.48 Å². The lowest BCUT2D eigenvalue weighted by Crippen LogP contribution is -2.16. The molecule has 0 atom stereocenters. The molecule has 4 aromatic rings. The molecule has 1 aliphatic heterocycles. The number of thiophene rings is 1. The van der Waals surface area contributed by atoms with Crippen LogP contribution in [0.15, 0.2) is 48.5 Å². The topological polar surface area (TPSA) is 65.4 Å². The third-order valence-electron chi connectivity index (χ3n) is 5.08. The van der Waals surface area contributed by atoms with Crippen molar-refractivity contribution in [1.29, 1.82) is 0 Å². The predicted octanol–water partition coefficient (Wildman–Crippen LogP) is 4.79. The monoisotopic (exact) mass is 419 g/mol. The number of anilines is 1. The number of amides is 1. The Balaban J connectivity index is 1.39. The summed E-state index contributed by atoms with van der Waals surface area (Å²) >= 11 is 1.46. The van der Waals surface area contributed by atoms with E-state index in [1.54, 1.807) is 6.07 Å². The summed E-state index contributed by atoms with van der Waals surface area (Å²) in [4.78, 5) is 14.5. The summed E-state index contributed by atoms with van der Waals surface area (Å²) in [5.74, 6) is 1.21. The van der Waals surface area contributed by atoms with Crippen LogP contribution in [0, 0.1) is 13.8 Å². The first-order chi connectivity index (χ1) is 14.6. The largest absolute Gasteiger partial charge is 0.486 e. The highest BCUT2D eigenvalue weighted by atomic mass is 32.1. The fourth-order valence-electron chi connectivity index (χ4n) is 3.51. The maximum absolute atomic E-state index is 12.9. The van der Waals surface area contributed by atoms with Crippen LogP contribution in [0.25, 0.3) is 10.2 Å². The van der Waals surface area contributed by atoms with Gasteiger partial charge in [-0.25, -0.2) is 0 Å². The molecule has 5 rings (SSSR count). The number of aromatic nitrogens is 2. The van der Waals surface area contributed by atoms with Gasteiger partial charge in [0.05, 0.1) is 17.1 Å². The molecule has 0 fully saturated rings. The average molecular weight is 420 g/mol. The van der Waals surface area contributed by atoms with Crippen molar-refractivity contribution in [2.24, 2.45) is 0 Å². The van der Waals surface area contributed by atoms with Gasteiger partial charge >= 0.3 is 0 Å². The summed E-state index contributed by atoms with van der Waals surface area (Å²) in [6.07, 6.45) is 0. The molecule has 3 heterocycles. The van der Waals surface area contributed by atoms with Gasteiger partial charge in [0.25, 0.3) is 5.91 Å². The fraction of sp³-hybridized carbons (Fsp3) is 0.217. The van der Waals surface area contributed by atoms with Gasteiger partial charge in [-0.05, 0) is 37.6 Å². The number of nitrogens with zero attached hydrogens (tertiary/aromatic N) is 2. The lowest BCUT2D eigenvalue weighted by Gasteiger charge is -2.18. The van der Waals surface area contributed by atoms with Crippen LogP contribution in [0.5, 0.6) is 11.5 Å². The molecule has 30 heavy (non-hydrogen) atoms. The van der Waals surface area contributed by atoms with Crippen molar-refractivity contribution in [2.45, 2.75) is 20.4 Å². The van der Waals surface area contributed by atoms with E-state index in [9.17, 15) is 4.79 Å². The molecule has 2 aromatic heterocycles. The first-order valence-electron chi connectivity index (χ1n) is 9.80. The molecule has 0 saturated carbocycles. The molecule has 1 aliphatic rings. The smallest absolute Gasteiger partial charge is 0.265 e. The number of carbonyl (C=O) groups is 1. The van der Waals surface area contributed by atoms with Crippen LogP contribution < -0.4 is 14.8 Å². The van der Waals surface area contributed by atoms with Gasteiger partial charge in [-0.1, -0.05) is 29.8 Å². The lowest BCUT2D eigenvalue weighted by atomic mass is 10.1. The summed E-state index contributed by atoms with van der Waals surface area (Å²) in [5, 5.41) is 8.64. The van der Waals surface area contributed by atoms with E-state index >= 15 is 0 Å². The van der Waals surface area contributed by atoms with Crippen LogP contribution in [0.4, 0.5) is 5.69 Å². The van der Waals surface area contributed by atoms with E-state index in [0.717, 1.165) is 15.9 Å². The summed E-state index contributed by atoms with van der Waals surface area (Å²) < 4.78 is 13.1. The van der Waals surface area contributed by atoms with Gasteiger partial charge in [-0.2, -0.15) is 5.10 Å². The minimum Gasteiger partial charge on any atom is -0.486 e. The Kier molecular flexibility index (Phi) is 4.67. The maximum Gasteiger partial charge on any atom is 0.265 e. The van der Waals surface area contributed by atoms with Crippen LogP contribution in [0.1, 0.15) is 26.5 Å². The highest BCUT2D eigenvalue weighted by molar-refractivity contribution is 7.20. The lowest BCUT2D eigenvalue weighted by molar-refractivity contribution is 0.103. The van der Waals surface area contributed by atoms with Gasteiger partial charge in [0.15, 0.2) is 11.5 Å². The van der Waals surface area contributed by atoms with E-state index in [1.807, 2.05) is 29.8 Å². The molecular weight excluding hydrogens is 398 g/mol. The predicted molar refractivity (Wildman–Crippen MR) is 118 cm³/mol. The third-order valence-corrected chi connectivity index (χ3v) is 6.23. The van der Waals surface area contributed by atoms with Gasteiger partial charge in [0, 0.05) is 17.1 Å². The zero-order valence-electron chi connectivity index (χ0n) is 16.8. The zero-order valence-corrected chi connectivity index (χ0v) is 17.6. The molecule has 0 unspecified atom stereocenters. The molecule has 2 aromatic carbocycles. The molecule has 0 radical (unpaired) electrons. The second kappa shape index (κ2) is 7.50.